The summed E-state index contributed by atoms with van der Waals surface area (Å²) in [5.41, 5.74) is 6.33. The number of nitrogens with two attached hydrogens (primary N) is 1. The number of alkyl halides is 2. The van der Waals surface area contributed by atoms with Crippen LogP contribution in [0.2, 0.25) is 0 Å². The molecule has 1 rings (SSSR count). The minimum atomic E-state index is -2.83. The predicted octanol–water partition coefficient (Wildman–Crippen LogP) is 2.26. The van der Waals surface area contributed by atoms with Crippen molar-refractivity contribution in [1.82, 2.24) is 0 Å². The molecule has 16 heavy (non-hydrogen) atoms. The van der Waals surface area contributed by atoms with E-state index in [1.54, 1.807) is 12.1 Å². The second-order valence-corrected chi connectivity index (χ2v) is 4.01. The van der Waals surface area contributed by atoms with E-state index in [0.29, 0.717) is 6.42 Å². The van der Waals surface area contributed by atoms with Crippen LogP contribution in [0, 0.1) is 0 Å². The highest BCUT2D eigenvalue weighted by Gasteiger charge is 2.23. The second-order valence-electron chi connectivity index (χ2n) is 4.01. The molecule has 1 unspecified atom stereocenters. The summed E-state index contributed by atoms with van der Waals surface area (Å²) in [4.78, 5) is 10.9. The monoisotopic (exact) mass is 227 g/mol. The van der Waals surface area contributed by atoms with Crippen LogP contribution < -0.4 is 5.73 Å². The molecular weight excluding hydrogens is 212 g/mol. The van der Waals surface area contributed by atoms with Gasteiger partial charge in [0.25, 0.3) is 5.92 Å². The molecule has 0 aliphatic heterocycles. The standard InChI is InChI=1S/C12H15F2NO/c1-8(16)11(15)7-9-3-5-10(6-4-9)12(2,13)14/h3-6,11H,7,15H2,1-2H3. The van der Waals surface area contributed by atoms with Gasteiger partial charge in [0.1, 0.15) is 5.78 Å². The van der Waals surface area contributed by atoms with Gasteiger partial charge in [-0.15, -0.1) is 0 Å². The summed E-state index contributed by atoms with van der Waals surface area (Å²) >= 11 is 0. The van der Waals surface area contributed by atoms with E-state index in [-0.39, 0.29) is 11.3 Å². The van der Waals surface area contributed by atoms with Crippen molar-refractivity contribution in [3.8, 4) is 0 Å². The third-order valence-corrected chi connectivity index (χ3v) is 2.44. The topological polar surface area (TPSA) is 43.1 Å². The Morgan fingerprint density at radius 2 is 1.88 bits per heavy atom. The summed E-state index contributed by atoms with van der Waals surface area (Å²) in [6.07, 6.45) is 0.380. The normalized spacial score (nSPS) is 13.6. The van der Waals surface area contributed by atoms with Crippen LogP contribution in [0.4, 0.5) is 8.78 Å². The summed E-state index contributed by atoms with van der Waals surface area (Å²) in [5, 5.41) is 0. The van der Waals surface area contributed by atoms with Gasteiger partial charge in [-0.1, -0.05) is 24.3 Å². The zero-order chi connectivity index (χ0) is 12.3. The molecule has 2 nitrogen and oxygen atoms in total. The Kier molecular flexibility index (Phi) is 3.75. The van der Waals surface area contributed by atoms with E-state index in [1.807, 2.05) is 0 Å². The van der Waals surface area contributed by atoms with Gasteiger partial charge in [0.15, 0.2) is 0 Å². The number of benzene rings is 1. The Balaban J connectivity index is 2.76. The van der Waals surface area contributed by atoms with Gasteiger partial charge in [0.2, 0.25) is 0 Å². The molecule has 1 aromatic rings. The van der Waals surface area contributed by atoms with Crippen LogP contribution in [0.5, 0.6) is 0 Å². The first kappa shape index (κ1) is 12.8. The molecule has 0 aromatic heterocycles. The lowest BCUT2D eigenvalue weighted by atomic mass is 10.0. The van der Waals surface area contributed by atoms with Gasteiger partial charge in [-0.3, -0.25) is 4.79 Å². The second kappa shape index (κ2) is 4.70. The van der Waals surface area contributed by atoms with Gasteiger partial charge in [0.05, 0.1) is 6.04 Å². The quantitative estimate of drug-likeness (QED) is 0.857. The van der Waals surface area contributed by atoms with Gasteiger partial charge in [-0.2, -0.15) is 0 Å². The summed E-state index contributed by atoms with van der Waals surface area (Å²) in [6.45, 7) is 2.27. The van der Waals surface area contributed by atoms with Crippen molar-refractivity contribution in [3.05, 3.63) is 35.4 Å². The van der Waals surface area contributed by atoms with Crippen LogP contribution in [0.15, 0.2) is 24.3 Å². The molecule has 0 amide bonds. The molecule has 0 heterocycles. The van der Waals surface area contributed by atoms with Crippen molar-refractivity contribution in [2.45, 2.75) is 32.2 Å². The lowest BCUT2D eigenvalue weighted by Gasteiger charge is -2.12. The third-order valence-electron chi connectivity index (χ3n) is 2.44. The van der Waals surface area contributed by atoms with Gasteiger partial charge < -0.3 is 5.73 Å². The predicted molar refractivity (Wildman–Crippen MR) is 58.4 cm³/mol. The molecule has 88 valence electrons. The zero-order valence-electron chi connectivity index (χ0n) is 9.34. The number of hydrogen-bond donors (Lipinski definition) is 1. The first-order valence-electron chi connectivity index (χ1n) is 5.04. The Hall–Kier alpha value is -1.29. The minimum Gasteiger partial charge on any atom is -0.321 e. The lowest BCUT2D eigenvalue weighted by molar-refractivity contribution is -0.118. The van der Waals surface area contributed by atoms with E-state index in [9.17, 15) is 13.6 Å². The van der Waals surface area contributed by atoms with Crippen LogP contribution in [0.3, 0.4) is 0 Å². The fraction of sp³-hybridized carbons (Fsp3) is 0.417. The fourth-order valence-electron chi connectivity index (χ4n) is 1.33. The Morgan fingerprint density at radius 3 is 2.25 bits per heavy atom. The molecular formula is C12H15F2NO. The molecule has 1 aromatic carbocycles. The molecule has 2 N–H and O–H groups in total. The van der Waals surface area contributed by atoms with E-state index in [0.717, 1.165) is 12.5 Å². The van der Waals surface area contributed by atoms with Gasteiger partial charge in [-0.05, 0) is 18.9 Å². The molecule has 0 radical (unpaired) electrons. The molecule has 4 heteroatoms. The van der Waals surface area contributed by atoms with Gasteiger partial charge in [0, 0.05) is 12.5 Å². The van der Waals surface area contributed by atoms with E-state index in [2.05, 4.69) is 0 Å². The number of carbonyl (C=O) groups is 1. The lowest BCUT2D eigenvalue weighted by Crippen LogP contribution is -2.30. The average Bonchev–Trinajstić information content (AvgIpc) is 2.17. The number of halogens is 2. The molecule has 0 saturated carbocycles. The third kappa shape index (κ3) is 3.38. The minimum absolute atomic E-state index is 0.0346. The summed E-state index contributed by atoms with van der Waals surface area (Å²) in [5.74, 6) is -2.94. The van der Waals surface area contributed by atoms with Crippen LogP contribution >= 0.6 is 0 Å². The van der Waals surface area contributed by atoms with Crippen molar-refractivity contribution < 1.29 is 13.6 Å². The van der Waals surface area contributed by atoms with Crippen molar-refractivity contribution >= 4 is 5.78 Å². The smallest absolute Gasteiger partial charge is 0.270 e. The van der Waals surface area contributed by atoms with Gasteiger partial charge >= 0.3 is 0 Å². The highest BCUT2D eigenvalue weighted by Crippen LogP contribution is 2.26. The summed E-state index contributed by atoms with van der Waals surface area (Å²) < 4.78 is 25.8. The van der Waals surface area contributed by atoms with Gasteiger partial charge in [-0.25, -0.2) is 8.78 Å². The highest BCUT2D eigenvalue weighted by atomic mass is 19.3. The van der Waals surface area contributed by atoms with Crippen LogP contribution in [-0.2, 0) is 17.1 Å². The van der Waals surface area contributed by atoms with Crippen molar-refractivity contribution in [3.63, 3.8) is 0 Å². The maximum atomic E-state index is 12.9. The van der Waals surface area contributed by atoms with E-state index in [4.69, 9.17) is 5.73 Å². The molecule has 0 aliphatic carbocycles. The average molecular weight is 227 g/mol. The van der Waals surface area contributed by atoms with E-state index in [1.165, 1.54) is 19.1 Å². The maximum absolute atomic E-state index is 12.9. The zero-order valence-corrected chi connectivity index (χ0v) is 9.34. The van der Waals surface area contributed by atoms with Crippen molar-refractivity contribution in [2.24, 2.45) is 5.73 Å². The molecule has 0 aliphatic rings. The number of ketones is 1. The number of hydrogen-bond acceptors (Lipinski definition) is 2. The maximum Gasteiger partial charge on any atom is 0.270 e. The summed E-state index contributed by atoms with van der Waals surface area (Å²) in [6, 6.07) is 5.32. The van der Waals surface area contributed by atoms with E-state index < -0.39 is 12.0 Å². The fourth-order valence-corrected chi connectivity index (χ4v) is 1.33. The number of rotatable bonds is 4. The van der Waals surface area contributed by atoms with Crippen LogP contribution in [0.25, 0.3) is 0 Å². The molecule has 0 fully saturated rings. The van der Waals surface area contributed by atoms with Crippen molar-refractivity contribution in [2.75, 3.05) is 0 Å². The Morgan fingerprint density at radius 1 is 1.38 bits per heavy atom. The molecule has 0 saturated heterocycles. The first-order valence-corrected chi connectivity index (χ1v) is 5.04. The van der Waals surface area contributed by atoms with E-state index >= 15 is 0 Å². The van der Waals surface area contributed by atoms with Crippen LogP contribution in [-0.4, -0.2) is 11.8 Å². The largest absolute Gasteiger partial charge is 0.321 e. The SMILES string of the molecule is CC(=O)C(N)Cc1ccc(C(C)(F)F)cc1. The first-order chi connectivity index (χ1) is 7.30. The molecule has 0 spiro atoms. The Bertz CT molecular complexity index is 368. The summed E-state index contributed by atoms with van der Waals surface area (Å²) in [7, 11) is 0. The molecule has 1 atom stereocenters. The highest BCUT2D eigenvalue weighted by molar-refractivity contribution is 5.81. The Labute approximate surface area is 93.5 Å². The van der Waals surface area contributed by atoms with Crippen LogP contribution in [0.1, 0.15) is 25.0 Å². The number of carbonyl (C=O) groups excluding carboxylic acids is 1. The molecule has 0 bridgehead atoms. The van der Waals surface area contributed by atoms with Crippen molar-refractivity contribution in [1.29, 1.82) is 0 Å². The number of Topliss-reactive ketones (excluding diaryl/α,β-unsaturated/α-hetero) is 1.